The molecule has 6 aliphatic rings. The molecule has 4 aromatic carbocycles. The molecule has 14 rings (SSSR count). The van der Waals surface area contributed by atoms with Crippen LogP contribution in [-0.4, -0.2) is 242 Å². The predicted octanol–water partition coefficient (Wildman–Crippen LogP) is -7.41. The maximum absolute atomic E-state index is 11.2. The minimum atomic E-state index is -1.16. The number of rotatable bonds is 0. The first-order valence-corrected chi connectivity index (χ1v) is 34.9. The molecule has 21 N–H and O–H groups in total. The van der Waals surface area contributed by atoms with Gasteiger partial charge >= 0.3 is 204 Å². The third kappa shape index (κ3) is 40.7. The van der Waals surface area contributed by atoms with Crippen LogP contribution in [0.25, 0.3) is 0 Å². The van der Waals surface area contributed by atoms with Crippen LogP contribution >= 0.6 is 153 Å². The number of fused-ring (bicyclic) bond motifs is 4. The van der Waals surface area contributed by atoms with Crippen molar-refractivity contribution in [2.75, 3.05) is 0 Å². The molecule has 69 heteroatoms. The minimum Gasteiger partial charge on any atom is -1.00 e. The average Bonchev–Trinajstić information content (AvgIpc) is 1.60. The number of urea groups is 2. The van der Waals surface area contributed by atoms with Gasteiger partial charge in [-0.3, -0.25) is 83.8 Å². The summed E-state index contributed by atoms with van der Waals surface area (Å²) in [6, 6.07) is 23.4. The Morgan fingerprint density at radius 2 is 0.622 bits per heavy atom. The first-order valence-electron chi connectivity index (χ1n) is 30.4. The van der Waals surface area contributed by atoms with Crippen molar-refractivity contribution in [3.8, 4) is 12.0 Å². The van der Waals surface area contributed by atoms with Crippen molar-refractivity contribution in [3.63, 3.8) is 0 Å². The molecule has 10 heterocycles. The first kappa shape index (κ1) is 140. The molecule has 52 nitrogen and oxygen atoms in total. The number of halogens is 13. The Morgan fingerprint density at radius 1 is 0.370 bits per heavy atom. The second-order valence-corrected chi connectivity index (χ2v) is 23.7. The Morgan fingerprint density at radius 3 is 0.819 bits per heavy atom. The van der Waals surface area contributed by atoms with Gasteiger partial charge in [-0.2, -0.15) is 27.3 Å². The molecule has 0 unspecified atom stereocenters. The summed E-state index contributed by atoms with van der Waals surface area (Å²) in [6.45, 7) is 14.3. The number of aromatic amines is 5. The quantitative estimate of drug-likeness (QED) is 0.0290. The summed E-state index contributed by atoms with van der Waals surface area (Å²) in [5.74, 6) is -3.77. The van der Waals surface area contributed by atoms with Crippen molar-refractivity contribution in [1.29, 1.82) is 0 Å². The van der Waals surface area contributed by atoms with Gasteiger partial charge in [0.1, 0.15) is 11.1 Å². The van der Waals surface area contributed by atoms with Crippen LogP contribution in [0.1, 0.15) is 141 Å². The number of hydrogen-bond donors (Lipinski definition) is 13. The zero-order valence-corrected chi connectivity index (χ0v) is 84.3. The van der Waals surface area contributed by atoms with E-state index in [1.807, 2.05) is 27.7 Å². The van der Waals surface area contributed by atoms with Gasteiger partial charge in [-0.1, -0.05) is 76.2 Å². The van der Waals surface area contributed by atoms with Gasteiger partial charge in [0.25, 0.3) is 59.1 Å². The Kier molecular flexibility index (Phi) is 76.2. The van der Waals surface area contributed by atoms with Gasteiger partial charge in [0.2, 0.25) is 0 Å². The van der Waals surface area contributed by atoms with Gasteiger partial charge < -0.3 is 55.9 Å². The van der Waals surface area contributed by atoms with Crippen LogP contribution < -0.4 is 180 Å². The van der Waals surface area contributed by atoms with E-state index < -0.39 is 122 Å². The number of aromatic nitrogens is 12. The number of nitrogens with two attached hydrogens (primary N) is 2. The van der Waals surface area contributed by atoms with Crippen molar-refractivity contribution in [1.82, 2.24) is 107 Å². The van der Waals surface area contributed by atoms with E-state index in [1.165, 1.54) is 13.8 Å². The van der Waals surface area contributed by atoms with Crippen molar-refractivity contribution in [2.24, 2.45) is 10.5 Å². The van der Waals surface area contributed by atoms with Crippen molar-refractivity contribution in [3.05, 3.63) is 246 Å². The molecule has 14 amide bonds. The van der Waals surface area contributed by atoms with Gasteiger partial charge in [-0.25, -0.2) is 96.2 Å². The summed E-state index contributed by atoms with van der Waals surface area (Å²) < 4.78 is 18.4. The van der Waals surface area contributed by atoms with Gasteiger partial charge in [0.15, 0.2) is 0 Å². The van der Waals surface area contributed by atoms with E-state index in [0.717, 1.165) is 4.42 Å². The number of imide groups is 6. The summed E-state index contributed by atoms with van der Waals surface area (Å²) in [6.07, 6.45) is 0. The summed E-state index contributed by atoms with van der Waals surface area (Å²) in [5, 5.41) is 37.5. The molecule has 8 aromatic rings. The standard InChI is InChI=1S/2C8H4ClNO2.2C8H5NO2.C5H6Cl2N2O2.C5H8N2O2.C3Cl3N3O3.C3HCl2N3O3.2C3H3N3O3.2C2H6.2Ca.2ClH2N.2ClO.2H3N.2Na.2H2O.2H/c2*9-10-7(11)5-3-1-2-4-6(5)8(10)12;2*10-7-5-3-1-2-4-6(5)8(11)9-7;1-5(2)3(10)8(6)4(11)9(5)7;1-5(2)3(8)6-4(9)7-5;4-7-1(10)8(5)3(12)9(6)2(7)11;4-7-1(9)6-2(10)8(5)3(7)11;2*7-1-4-2(8)6-3(9)5-1;2*1-2;;;4*1-2;;;;;;;;/h2*1-4H;2*1-4H,(H,9,10,11);1-2H3;1-2H3,(H2,6,7,8,9);;(H,6,9,10);2*(H3,4,5,6,7,8,9);2*1-2H3;;;2*2H2;;;2*1H3;;;2*1H2;;/q;;;;;;;;;;;;2*+2;;;2*-1;;;2*+1;;;2*-1/p-4. The summed E-state index contributed by atoms with van der Waals surface area (Å²) in [4.78, 5) is 250. The molecule has 0 spiro atoms. The van der Waals surface area contributed by atoms with Crippen molar-refractivity contribution in [2.45, 2.75) is 66.5 Å². The fourth-order valence-electron chi connectivity index (χ4n) is 7.58. The average molecular weight is 2130 g/mol. The van der Waals surface area contributed by atoms with E-state index in [0.29, 0.717) is 57.8 Å². The van der Waals surface area contributed by atoms with Gasteiger partial charge in [-0.15, -0.1) is 16.3 Å². The fourth-order valence-corrected chi connectivity index (χ4v) is 9.24. The third-order valence-corrected chi connectivity index (χ3v) is 15.6. The van der Waals surface area contributed by atoms with Crippen molar-refractivity contribution >= 4 is 300 Å². The molecule has 682 valence electrons. The van der Waals surface area contributed by atoms with E-state index in [4.69, 9.17) is 115 Å². The first-order chi connectivity index (χ1) is 55.8. The van der Waals surface area contributed by atoms with Gasteiger partial charge in [0.05, 0.1) is 56.5 Å². The predicted molar refractivity (Wildman–Crippen MR) is 446 cm³/mol. The summed E-state index contributed by atoms with van der Waals surface area (Å²) >= 11 is 62.0. The number of amides is 14. The van der Waals surface area contributed by atoms with Crippen LogP contribution in [0.3, 0.4) is 0 Å². The number of nitrogens with one attached hydrogen (secondary N) is 9. The van der Waals surface area contributed by atoms with Gasteiger partial charge in [-0.05, 0) is 99.8 Å². The molecule has 4 aromatic heterocycles. The molecular formula is C58H63Ca2Cl13N24Na2O28-2. The third-order valence-electron chi connectivity index (χ3n) is 12.7. The molecule has 0 bridgehead atoms. The SMILES string of the molecule is CC.CC.CC1(C)C(=O)N(Cl)C(=O)N1Cl.CC1(C)NC(=O)NC1=O.N.N.NCl.NCl.O=C1NC(=O)c2ccccc21.O=C1NC(=O)c2ccccc21.O=C1c2ccccc2C(=O)N1Cl.O=C1c2ccccc2C(=O)N1Cl.O=c1[nH]c(=O)[nH]c(=O)[nH]1.O=c1n(Cl)c(=O)n(Cl)c(=O)n1Cl.O=c1nc([O-])[nH]c(=O)[nH]1.O=c1nc([O-])n(Cl)c(=O)n1Cl.[Ca+2].[Ca+2].[H-].[H-].[Na+].[Na+].[O-]Cl.[O-]Cl.[OH-].[OH-]. The number of nitrogens with zero attached hydrogens (tertiary/aromatic N) is 11. The van der Waals surface area contributed by atoms with Crippen LogP contribution in [0, 0.1) is 0 Å². The zero-order chi connectivity index (χ0) is 92.8. The van der Waals surface area contributed by atoms with Crippen LogP contribution in [0.2, 0.25) is 0 Å². The number of H-pyrrole nitrogens is 5. The summed E-state index contributed by atoms with van der Waals surface area (Å²) in [5.41, 5.74) is -8.31. The number of carbonyl (C=O) groups is 12. The molecule has 0 aliphatic carbocycles. The molecule has 2 saturated heterocycles. The molecule has 0 saturated carbocycles. The smallest absolute Gasteiger partial charge is 1.00 e. The number of hydrogen-bond acceptors (Lipinski definition) is 34. The number of benzene rings is 4. The second kappa shape index (κ2) is 68.9. The minimum absolute atomic E-state index is 0. The molecule has 6 aliphatic heterocycles. The Balaban J connectivity index is -0.000000115. The molecule has 0 radical (unpaired) electrons. The van der Waals surface area contributed by atoms with E-state index in [-0.39, 0.29) is 211 Å². The second-order valence-electron chi connectivity index (χ2n) is 20.6. The van der Waals surface area contributed by atoms with E-state index in [9.17, 15) is 116 Å². The van der Waals surface area contributed by atoms with Crippen LogP contribution in [-0.2, 0) is 9.59 Å². The van der Waals surface area contributed by atoms with Crippen LogP contribution in [0.15, 0.2) is 145 Å². The fraction of sp³-hybridized carbons (Fsp3) is 0.172. The maximum atomic E-state index is 11.2. The summed E-state index contributed by atoms with van der Waals surface area (Å²) in [7, 11) is 0. The number of carbonyl (C=O) groups excluding carboxylic acids is 12. The topological polar surface area (TPSA) is 840 Å². The molecule has 0 atom stereocenters. The Labute approximate surface area is 881 Å². The molecule has 2 fully saturated rings. The molecular weight excluding hydrogens is 2070 g/mol. The van der Waals surface area contributed by atoms with Crippen LogP contribution in [0.4, 0.5) is 9.59 Å². The maximum Gasteiger partial charge on any atom is 2.00 e. The largest absolute Gasteiger partial charge is 2.00 e. The monoisotopic (exact) mass is 2120 g/mol. The van der Waals surface area contributed by atoms with E-state index in [2.05, 4.69) is 89.0 Å². The van der Waals surface area contributed by atoms with Crippen LogP contribution in [0.5, 0.6) is 12.0 Å². The van der Waals surface area contributed by atoms with E-state index >= 15 is 0 Å². The Hall–Kier alpha value is -7.07. The Bertz CT molecular complexity index is 5240. The zero-order valence-electron chi connectivity index (χ0n) is 68.1. The van der Waals surface area contributed by atoms with Gasteiger partial charge in [0, 0.05) is 106 Å². The normalized spacial score (nSPS) is 12.5. The van der Waals surface area contributed by atoms with E-state index in [1.54, 1.807) is 136 Å². The van der Waals surface area contributed by atoms with Crippen molar-refractivity contribution < 1.29 is 150 Å². The molecule has 127 heavy (non-hydrogen) atoms.